The highest BCUT2D eigenvalue weighted by Gasteiger charge is 2.33. The summed E-state index contributed by atoms with van der Waals surface area (Å²) in [4.78, 5) is 9.49. The predicted molar refractivity (Wildman–Crippen MR) is 106 cm³/mol. The van der Waals surface area contributed by atoms with E-state index in [1.807, 2.05) is 13.8 Å². The van der Waals surface area contributed by atoms with E-state index in [-0.39, 0.29) is 24.0 Å². The van der Waals surface area contributed by atoms with Gasteiger partial charge in [0.25, 0.3) is 0 Å². The van der Waals surface area contributed by atoms with Crippen LogP contribution in [-0.2, 0) is 19.3 Å². The second-order valence-corrected chi connectivity index (χ2v) is 7.79. The number of guanidine groups is 1. The number of nitrogens with one attached hydrogen (secondary N) is 2. The maximum Gasteiger partial charge on any atom is 0.416 e. The lowest BCUT2D eigenvalue weighted by Crippen LogP contribution is -2.36. The first kappa shape index (κ1) is 22.0. The van der Waals surface area contributed by atoms with Crippen LogP contribution in [0.3, 0.4) is 0 Å². The van der Waals surface area contributed by atoms with Crippen LogP contribution < -0.4 is 15.4 Å². The number of rotatable bonds is 6. The zero-order valence-electron chi connectivity index (χ0n) is 16.6. The molecule has 0 fully saturated rings. The van der Waals surface area contributed by atoms with Crippen molar-refractivity contribution in [3.8, 4) is 5.75 Å². The quantitative estimate of drug-likeness (QED) is 0.542. The van der Waals surface area contributed by atoms with E-state index in [4.69, 9.17) is 4.74 Å². The van der Waals surface area contributed by atoms with Gasteiger partial charge >= 0.3 is 6.18 Å². The summed E-state index contributed by atoms with van der Waals surface area (Å²) >= 11 is 1.57. The molecule has 1 heterocycles. The monoisotopic (exact) mass is 414 g/mol. The number of aromatic nitrogens is 1. The Morgan fingerprint density at radius 3 is 2.43 bits per heavy atom. The number of ether oxygens (including phenoxy) is 1. The smallest absolute Gasteiger partial charge is 0.416 e. The van der Waals surface area contributed by atoms with Gasteiger partial charge in [-0.1, -0.05) is 6.07 Å². The molecular weight excluding hydrogens is 389 g/mol. The number of hydrogen-bond donors (Lipinski definition) is 2. The van der Waals surface area contributed by atoms with Gasteiger partial charge in [0.2, 0.25) is 0 Å². The van der Waals surface area contributed by atoms with E-state index >= 15 is 0 Å². The van der Waals surface area contributed by atoms with Gasteiger partial charge in [0.15, 0.2) is 5.96 Å². The number of aryl methyl sites for hydroxylation is 2. The van der Waals surface area contributed by atoms with Crippen LogP contribution in [0.25, 0.3) is 0 Å². The van der Waals surface area contributed by atoms with Gasteiger partial charge in [-0.05, 0) is 45.4 Å². The molecule has 154 valence electrons. The first-order valence-electron chi connectivity index (χ1n) is 8.84. The van der Waals surface area contributed by atoms with Gasteiger partial charge in [-0.3, -0.25) is 4.99 Å². The van der Waals surface area contributed by atoms with Crippen molar-refractivity contribution in [2.75, 3.05) is 7.05 Å². The van der Waals surface area contributed by atoms with Crippen LogP contribution in [0.2, 0.25) is 0 Å². The first-order chi connectivity index (χ1) is 13.1. The second kappa shape index (κ2) is 9.27. The zero-order chi connectivity index (χ0) is 20.9. The molecule has 5 nitrogen and oxygen atoms in total. The van der Waals surface area contributed by atoms with Crippen LogP contribution in [0.4, 0.5) is 13.2 Å². The third-order valence-electron chi connectivity index (χ3n) is 3.84. The van der Waals surface area contributed by atoms with Crippen molar-refractivity contribution in [1.29, 1.82) is 0 Å². The van der Waals surface area contributed by atoms with Crippen LogP contribution in [-0.4, -0.2) is 24.1 Å². The van der Waals surface area contributed by atoms with Crippen molar-refractivity contribution in [3.05, 3.63) is 44.9 Å². The molecule has 1 aromatic heterocycles. The number of alkyl halides is 3. The standard InChI is InChI=1S/C19H25F3N4OS/c1-11(2)27-15-7-6-14(16(8-15)19(20,21)22)9-24-18(23-5)25-10-17-12(3)26-13(4)28-17/h6-8,11H,9-10H2,1-5H3,(H2,23,24,25). The molecule has 0 amide bonds. The molecule has 2 aromatic rings. The Balaban J connectivity index is 2.07. The fourth-order valence-corrected chi connectivity index (χ4v) is 3.50. The van der Waals surface area contributed by atoms with E-state index in [2.05, 4.69) is 20.6 Å². The molecule has 0 spiro atoms. The maximum atomic E-state index is 13.5. The van der Waals surface area contributed by atoms with Crippen LogP contribution in [0.1, 0.15) is 40.6 Å². The molecule has 0 aliphatic carbocycles. The van der Waals surface area contributed by atoms with Gasteiger partial charge in [0.05, 0.1) is 28.9 Å². The summed E-state index contributed by atoms with van der Waals surface area (Å²) in [6.45, 7) is 7.88. The molecule has 0 aliphatic rings. The Morgan fingerprint density at radius 1 is 1.21 bits per heavy atom. The van der Waals surface area contributed by atoms with Crippen LogP contribution in [0, 0.1) is 13.8 Å². The fourth-order valence-electron chi connectivity index (χ4n) is 2.62. The van der Waals surface area contributed by atoms with Gasteiger partial charge in [-0.25, -0.2) is 4.98 Å². The van der Waals surface area contributed by atoms with Crippen LogP contribution >= 0.6 is 11.3 Å². The normalized spacial score (nSPS) is 12.4. The summed E-state index contributed by atoms with van der Waals surface area (Å²) in [6.07, 6.45) is -4.67. The minimum atomic E-state index is -4.47. The fraction of sp³-hybridized carbons (Fsp3) is 0.474. The molecule has 0 saturated carbocycles. The molecule has 0 bridgehead atoms. The molecule has 0 radical (unpaired) electrons. The molecule has 0 atom stereocenters. The summed E-state index contributed by atoms with van der Waals surface area (Å²) in [7, 11) is 1.57. The van der Waals surface area contributed by atoms with Crippen molar-refractivity contribution < 1.29 is 17.9 Å². The summed E-state index contributed by atoms with van der Waals surface area (Å²) in [5, 5.41) is 7.01. The molecular formula is C19H25F3N4OS. The van der Waals surface area contributed by atoms with E-state index in [1.54, 1.807) is 38.3 Å². The lowest BCUT2D eigenvalue weighted by atomic mass is 10.1. The largest absolute Gasteiger partial charge is 0.491 e. The number of thiazole rings is 1. The molecule has 0 aliphatic heterocycles. The number of hydrogen-bond acceptors (Lipinski definition) is 4. The highest BCUT2D eigenvalue weighted by Crippen LogP contribution is 2.34. The zero-order valence-corrected chi connectivity index (χ0v) is 17.4. The van der Waals surface area contributed by atoms with Gasteiger partial charge < -0.3 is 15.4 Å². The number of nitrogens with zero attached hydrogens (tertiary/aromatic N) is 2. The highest BCUT2D eigenvalue weighted by atomic mass is 32.1. The Labute approximate surface area is 167 Å². The Kier molecular flexibility index (Phi) is 7.29. The number of aliphatic imine (C=N–C) groups is 1. The third kappa shape index (κ3) is 6.12. The van der Waals surface area contributed by atoms with Crippen molar-refractivity contribution in [2.24, 2.45) is 4.99 Å². The average molecular weight is 414 g/mol. The van der Waals surface area contributed by atoms with E-state index in [1.165, 1.54) is 6.07 Å². The molecule has 1 aromatic carbocycles. The van der Waals surface area contributed by atoms with Gasteiger partial charge in [0.1, 0.15) is 5.75 Å². The topological polar surface area (TPSA) is 58.5 Å². The Bertz CT molecular complexity index is 831. The molecule has 9 heteroatoms. The minimum Gasteiger partial charge on any atom is -0.491 e. The van der Waals surface area contributed by atoms with E-state index in [0.29, 0.717) is 12.5 Å². The molecule has 0 unspecified atom stereocenters. The lowest BCUT2D eigenvalue weighted by molar-refractivity contribution is -0.138. The van der Waals surface area contributed by atoms with Crippen molar-refractivity contribution in [1.82, 2.24) is 15.6 Å². The molecule has 0 saturated heterocycles. The van der Waals surface area contributed by atoms with Crippen molar-refractivity contribution in [3.63, 3.8) is 0 Å². The number of benzene rings is 1. The number of halogens is 3. The Hall–Kier alpha value is -2.29. The molecule has 28 heavy (non-hydrogen) atoms. The highest BCUT2D eigenvalue weighted by molar-refractivity contribution is 7.11. The lowest BCUT2D eigenvalue weighted by Gasteiger charge is -2.18. The molecule has 2 rings (SSSR count). The first-order valence-corrected chi connectivity index (χ1v) is 9.66. The second-order valence-electron chi connectivity index (χ2n) is 6.50. The van der Waals surface area contributed by atoms with E-state index in [9.17, 15) is 13.2 Å². The van der Waals surface area contributed by atoms with Crippen molar-refractivity contribution >= 4 is 17.3 Å². The molecule has 2 N–H and O–H groups in total. The Morgan fingerprint density at radius 2 is 1.89 bits per heavy atom. The maximum absolute atomic E-state index is 13.5. The minimum absolute atomic E-state index is 0.0167. The van der Waals surface area contributed by atoms with Gasteiger partial charge in [-0.15, -0.1) is 11.3 Å². The van der Waals surface area contributed by atoms with Gasteiger partial charge in [-0.2, -0.15) is 13.2 Å². The predicted octanol–water partition coefficient (Wildman–Crippen LogP) is 4.43. The summed E-state index contributed by atoms with van der Waals surface area (Å²) in [6, 6.07) is 4.01. The van der Waals surface area contributed by atoms with E-state index in [0.717, 1.165) is 21.6 Å². The third-order valence-corrected chi connectivity index (χ3v) is 4.92. The van der Waals surface area contributed by atoms with Crippen LogP contribution in [0.15, 0.2) is 23.2 Å². The average Bonchev–Trinajstić information content (AvgIpc) is 2.92. The summed E-state index contributed by atoms with van der Waals surface area (Å²) in [5.74, 6) is 0.616. The summed E-state index contributed by atoms with van der Waals surface area (Å²) < 4.78 is 45.8. The summed E-state index contributed by atoms with van der Waals surface area (Å²) in [5.41, 5.74) is 0.337. The van der Waals surface area contributed by atoms with Crippen molar-refractivity contribution in [2.45, 2.75) is 53.1 Å². The van der Waals surface area contributed by atoms with E-state index < -0.39 is 11.7 Å². The van der Waals surface area contributed by atoms with Crippen LogP contribution in [0.5, 0.6) is 5.75 Å². The van der Waals surface area contributed by atoms with Gasteiger partial charge in [0, 0.05) is 18.5 Å². The SMILES string of the molecule is CN=C(NCc1ccc(OC(C)C)cc1C(F)(F)F)NCc1sc(C)nc1C.